The lowest BCUT2D eigenvalue weighted by atomic mass is 9.81. The number of carbonyl (C=O) groups is 6. The molecular formula is C35H49N5O7. The number of rotatable bonds is 13. The molecule has 4 fully saturated rings. The molecule has 0 bridgehead atoms. The lowest BCUT2D eigenvalue weighted by Gasteiger charge is -2.37. The summed E-state index contributed by atoms with van der Waals surface area (Å²) in [6.07, 6.45) is 5.44. The van der Waals surface area contributed by atoms with Gasteiger partial charge in [0.15, 0.2) is 0 Å². The summed E-state index contributed by atoms with van der Waals surface area (Å²) in [7, 11) is 0. The van der Waals surface area contributed by atoms with Crippen LogP contribution in [0.15, 0.2) is 30.3 Å². The number of hydrogen-bond acceptors (Lipinski definition) is 7. The predicted molar refractivity (Wildman–Crippen MR) is 172 cm³/mol. The number of nitrogens with one attached hydrogen (secondary N) is 3. The van der Waals surface area contributed by atoms with Crippen molar-refractivity contribution < 1.29 is 33.5 Å². The fourth-order valence-corrected chi connectivity index (χ4v) is 7.64. The van der Waals surface area contributed by atoms with Crippen molar-refractivity contribution in [3.05, 3.63) is 35.9 Å². The number of urea groups is 1. The quantitative estimate of drug-likeness (QED) is 0.187. The Morgan fingerprint density at radius 3 is 2.23 bits per heavy atom. The van der Waals surface area contributed by atoms with Crippen molar-refractivity contribution in [2.45, 2.75) is 109 Å². The Balaban J connectivity index is 1.29. The Morgan fingerprint density at radius 2 is 1.64 bits per heavy atom. The number of amides is 5. The van der Waals surface area contributed by atoms with E-state index in [0.717, 1.165) is 37.7 Å². The third-order valence-electron chi connectivity index (χ3n) is 10.8. The highest BCUT2D eigenvalue weighted by atomic mass is 16.5. The van der Waals surface area contributed by atoms with Crippen molar-refractivity contribution in [1.29, 1.82) is 0 Å². The lowest BCUT2D eigenvalue weighted by molar-refractivity contribution is -0.154. The van der Waals surface area contributed by atoms with Gasteiger partial charge in [-0.25, -0.2) is 9.59 Å². The second kappa shape index (κ2) is 13.6. The fraction of sp³-hybridized carbons (Fsp3) is 0.657. The van der Waals surface area contributed by atoms with Crippen molar-refractivity contribution in [3.63, 3.8) is 0 Å². The fourth-order valence-electron chi connectivity index (χ4n) is 7.64. The molecule has 1 heterocycles. The number of nitrogens with zero attached hydrogens (tertiary/aromatic N) is 1. The zero-order chi connectivity index (χ0) is 34.1. The Bertz CT molecular complexity index is 1390. The number of Topliss-reactive ketones (excluding diaryl/α,β-unsaturated/α-hetero) is 1. The van der Waals surface area contributed by atoms with Gasteiger partial charge in [-0.2, -0.15) is 0 Å². The molecule has 47 heavy (non-hydrogen) atoms. The number of benzene rings is 1. The molecule has 1 unspecified atom stereocenters. The molecule has 0 spiro atoms. The van der Waals surface area contributed by atoms with Crippen molar-refractivity contribution in [1.82, 2.24) is 20.9 Å². The highest BCUT2D eigenvalue weighted by Gasteiger charge is 2.69. The smallest absolute Gasteiger partial charge is 0.332 e. The SMILES string of the molecule is CC(C)[C@H](NC(=O)NC1(C(=O)OCc2ccccc2)CCCCC1)C(=O)N1C[C@H]2[C@@H]([C@H]1C(=O)NC(CC1CC1)C(=O)C(N)=O)C2(C)C. The molecule has 12 nitrogen and oxygen atoms in total. The monoisotopic (exact) mass is 651 g/mol. The van der Waals surface area contributed by atoms with Crippen molar-refractivity contribution >= 4 is 35.5 Å². The Morgan fingerprint density at radius 1 is 0.979 bits per heavy atom. The van der Waals surface area contributed by atoms with Gasteiger partial charge < -0.3 is 31.3 Å². The van der Waals surface area contributed by atoms with Crippen LogP contribution in [0.5, 0.6) is 0 Å². The number of likely N-dealkylation sites (tertiary alicyclic amines) is 1. The van der Waals surface area contributed by atoms with Gasteiger partial charge in [0.2, 0.25) is 17.6 Å². The Hall–Kier alpha value is -3.96. The molecule has 0 radical (unpaired) electrons. The number of piperidine rings is 1. The molecule has 1 aromatic rings. The third kappa shape index (κ3) is 7.46. The van der Waals surface area contributed by atoms with Gasteiger partial charge in [0.05, 0.1) is 6.04 Å². The maximum absolute atomic E-state index is 14.2. The van der Waals surface area contributed by atoms with Crippen molar-refractivity contribution in [2.24, 2.45) is 34.8 Å². The van der Waals surface area contributed by atoms with Gasteiger partial charge in [-0.3, -0.25) is 19.2 Å². The van der Waals surface area contributed by atoms with Crippen LogP contribution in [0.1, 0.15) is 84.6 Å². The summed E-state index contributed by atoms with van der Waals surface area (Å²) in [6, 6.07) is 5.78. The molecule has 5 N–H and O–H groups in total. The van der Waals surface area contributed by atoms with Crippen LogP contribution in [0.3, 0.4) is 0 Å². The van der Waals surface area contributed by atoms with E-state index in [1.54, 1.807) is 13.8 Å². The number of ether oxygens (including phenoxy) is 1. The van der Waals surface area contributed by atoms with E-state index in [2.05, 4.69) is 16.0 Å². The third-order valence-corrected chi connectivity index (χ3v) is 10.8. The molecule has 1 aliphatic heterocycles. The summed E-state index contributed by atoms with van der Waals surface area (Å²) >= 11 is 0. The maximum atomic E-state index is 14.2. The number of esters is 1. The van der Waals surface area contributed by atoms with Crippen LogP contribution in [0, 0.1) is 29.1 Å². The molecule has 0 aromatic heterocycles. The normalized spacial score (nSPS) is 25.1. The van der Waals surface area contributed by atoms with Crippen LogP contribution in [0.4, 0.5) is 4.79 Å². The van der Waals surface area contributed by atoms with E-state index in [1.807, 2.05) is 44.2 Å². The maximum Gasteiger partial charge on any atom is 0.332 e. The van der Waals surface area contributed by atoms with E-state index in [9.17, 15) is 28.8 Å². The number of hydrogen-bond donors (Lipinski definition) is 4. The molecule has 5 atom stereocenters. The molecule has 3 aliphatic carbocycles. The van der Waals surface area contributed by atoms with Gasteiger partial charge >= 0.3 is 12.0 Å². The topological polar surface area (TPSA) is 177 Å². The van der Waals surface area contributed by atoms with Crippen LogP contribution >= 0.6 is 0 Å². The van der Waals surface area contributed by atoms with Crippen molar-refractivity contribution in [3.8, 4) is 0 Å². The van der Waals surface area contributed by atoms with Gasteiger partial charge in [-0.05, 0) is 53.9 Å². The minimum absolute atomic E-state index is 0.0717. The van der Waals surface area contributed by atoms with E-state index >= 15 is 0 Å². The zero-order valence-electron chi connectivity index (χ0n) is 27.9. The summed E-state index contributed by atoms with van der Waals surface area (Å²) in [5.74, 6) is -3.52. The van der Waals surface area contributed by atoms with Gasteiger partial charge in [-0.1, -0.05) is 90.1 Å². The van der Waals surface area contributed by atoms with E-state index < -0.39 is 59.2 Å². The minimum Gasteiger partial charge on any atom is -0.459 e. The molecule has 256 valence electrons. The number of nitrogens with two attached hydrogens (primary N) is 1. The molecular weight excluding hydrogens is 602 g/mol. The molecule has 5 amide bonds. The van der Waals surface area contributed by atoms with Gasteiger partial charge in [0.1, 0.15) is 24.2 Å². The van der Waals surface area contributed by atoms with Crippen molar-refractivity contribution in [2.75, 3.05) is 6.54 Å². The molecule has 3 saturated carbocycles. The van der Waals surface area contributed by atoms with Gasteiger partial charge in [-0.15, -0.1) is 0 Å². The first-order valence-electron chi connectivity index (χ1n) is 17.0. The first-order chi connectivity index (χ1) is 22.2. The zero-order valence-corrected chi connectivity index (χ0v) is 27.9. The van der Waals surface area contributed by atoms with Crippen LogP contribution in [-0.2, 0) is 35.3 Å². The Labute approximate surface area is 276 Å². The molecule has 12 heteroatoms. The van der Waals surface area contributed by atoms with E-state index in [-0.39, 0.29) is 35.7 Å². The van der Waals surface area contributed by atoms with E-state index in [1.165, 1.54) is 4.90 Å². The first-order valence-corrected chi connectivity index (χ1v) is 17.0. The standard InChI is InChI=1S/C35H49N5O7/c1-20(2)26(38-33(46)39-35(15-9-6-10-16-35)32(45)47-19-22-11-7-5-8-12-22)31(44)40-18-23-25(34(23,3)4)27(40)30(43)37-24(17-21-13-14-21)28(41)29(36)42/h5,7-8,11-12,20-21,23-27H,6,9-10,13-19H2,1-4H3,(H2,36,42)(H,37,43)(H2,38,39,46)/t23-,24?,25-,26-,27-/m0/s1. The molecule has 1 saturated heterocycles. The van der Waals surface area contributed by atoms with Crippen LogP contribution in [-0.4, -0.2) is 70.6 Å². The Kier molecular flexibility index (Phi) is 9.98. The highest BCUT2D eigenvalue weighted by Crippen LogP contribution is 2.65. The average Bonchev–Trinajstić information content (AvgIpc) is 3.89. The minimum atomic E-state index is -1.22. The van der Waals surface area contributed by atoms with Crippen LogP contribution in [0.2, 0.25) is 0 Å². The number of primary amides is 1. The largest absolute Gasteiger partial charge is 0.459 e. The van der Waals surface area contributed by atoms with E-state index in [4.69, 9.17) is 10.5 Å². The molecule has 1 aromatic carbocycles. The number of fused-ring (bicyclic) bond motifs is 1. The summed E-state index contributed by atoms with van der Waals surface area (Å²) in [5, 5.41) is 8.46. The summed E-state index contributed by atoms with van der Waals surface area (Å²) in [5.41, 5.74) is 4.73. The first kappa shape index (κ1) is 34.4. The average molecular weight is 652 g/mol. The summed E-state index contributed by atoms with van der Waals surface area (Å²) in [4.78, 5) is 80.8. The number of carbonyl (C=O) groups excluding carboxylic acids is 6. The second-order valence-electron chi connectivity index (χ2n) is 14.9. The van der Waals surface area contributed by atoms with Gasteiger partial charge in [0.25, 0.3) is 5.91 Å². The lowest BCUT2D eigenvalue weighted by Crippen LogP contribution is -2.63. The predicted octanol–water partition coefficient (Wildman–Crippen LogP) is 2.58. The van der Waals surface area contributed by atoms with E-state index in [0.29, 0.717) is 25.8 Å². The summed E-state index contributed by atoms with van der Waals surface area (Å²) in [6.45, 7) is 8.12. The molecule has 5 rings (SSSR count). The molecule has 4 aliphatic rings. The van der Waals surface area contributed by atoms with Gasteiger partial charge in [0, 0.05) is 6.54 Å². The number of ketones is 1. The highest BCUT2D eigenvalue weighted by molar-refractivity contribution is 6.37. The second-order valence-corrected chi connectivity index (χ2v) is 14.9. The summed E-state index contributed by atoms with van der Waals surface area (Å²) < 4.78 is 5.67. The van der Waals surface area contributed by atoms with Crippen LogP contribution < -0.4 is 21.7 Å². The van der Waals surface area contributed by atoms with Crippen LogP contribution in [0.25, 0.3) is 0 Å².